The second-order valence-corrected chi connectivity index (χ2v) is 17.3. The molecule has 0 atom stereocenters. The summed E-state index contributed by atoms with van der Waals surface area (Å²) in [5.41, 5.74) is 21.8. The number of benzene rings is 9. The van der Waals surface area contributed by atoms with E-state index in [2.05, 4.69) is 194 Å². The summed E-state index contributed by atoms with van der Waals surface area (Å²) in [4.78, 5) is 21.1. The average molecular weight is 837 g/mol. The van der Waals surface area contributed by atoms with Crippen LogP contribution >= 0.6 is 0 Å². The lowest BCUT2D eigenvalue weighted by Gasteiger charge is -2.16. The van der Waals surface area contributed by atoms with Gasteiger partial charge in [-0.05, 0) is 126 Å². The van der Waals surface area contributed by atoms with E-state index in [0.717, 1.165) is 78.0 Å². The van der Waals surface area contributed by atoms with Gasteiger partial charge < -0.3 is 0 Å². The van der Waals surface area contributed by atoms with Crippen molar-refractivity contribution < 1.29 is 0 Å². The zero-order chi connectivity index (χ0) is 43.3. The third-order valence-electron chi connectivity index (χ3n) is 13.6. The molecule has 2 aliphatic rings. The van der Waals surface area contributed by atoms with Crippen LogP contribution in [0.4, 0.5) is 0 Å². The standard InChI is InChI=1S/C62H36N4/c1-3-13-37(14-4-1)57-36-58(38-15-5-2-6-16-38)66-62(65-57)52-29-28-51-45-20-9-10-21-46(45)53-31-42(32-54(52)61(51)53)56-34-41(40-25-24-39-17-12-30-63-55(39)33-40)35-59(64-56)47-26-27-50-44-19-8-7-18-43(44)48-22-11-23-49(47)60(48)50/h1-36H. The lowest BCUT2D eigenvalue weighted by molar-refractivity contribution is 1.19. The van der Waals surface area contributed by atoms with Crippen molar-refractivity contribution in [3.8, 4) is 112 Å². The second kappa shape index (κ2) is 14.3. The minimum absolute atomic E-state index is 0.681. The molecule has 3 heterocycles. The molecule has 0 bridgehead atoms. The zero-order valence-electron chi connectivity index (χ0n) is 35.6. The maximum Gasteiger partial charge on any atom is 0.161 e. The summed E-state index contributed by atoms with van der Waals surface area (Å²) in [7, 11) is 0. The van der Waals surface area contributed by atoms with Gasteiger partial charge in [0, 0.05) is 39.4 Å². The number of nitrogens with zero attached hydrogens (tertiary/aromatic N) is 4. The predicted octanol–water partition coefficient (Wildman–Crippen LogP) is 16.0. The molecule has 4 nitrogen and oxygen atoms in total. The van der Waals surface area contributed by atoms with Crippen LogP contribution in [0.2, 0.25) is 0 Å². The topological polar surface area (TPSA) is 51.6 Å². The molecule has 14 rings (SSSR count). The molecule has 0 spiro atoms. The maximum absolute atomic E-state index is 5.66. The van der Waals surface area contributed by atoms with E-state index in [1.54, 1.807) is 0 Å². The van der Waals surface area contributed by atoms with Crippen LogP contribution in [0.1, 0.15) is 0 Å². The number of hydrogen-bond acceptors (Lipinski definition) is 4. The van der Waals surface area contributed by atoms with Crippen LogP contribution in [0.15, 0.2) is 219 Å². The molecule has 0 radical (unpaired) electrons. The summed E-state index contributed by atoms with van der Waals surface area (Å²) < 4.78 is 0. The molecule has 9 aromatic carbocycles. The van der Waals surface area contributed by atoms with Crippen molar-refractivity contribution in [3.05, 3.63) is 219 Å². The van der Waals surface area contributed by atoms with Crippen LogP contribution in [-0.2, 0) is 0 Å². The zero-order valence-corrected chi connectivity index (χ0v) is 35.6. The van der Waals surface area contributed by atoms with Crippen molar-refractivity contribution in [1.82, 2.24) is 19.9 Å². The van der Waals surface area contributed by atoms with Gasteiger partial charge in [0.05, 0.1) is 28.3 Å². The highest BCUT2D eigenvalue weighted by Crippen LogP contribution is 2.52. The number of fused-ring (bicyclic) bond motifs is 7. The van der Waals surface area contributed by atoms with Crippen molar-refractivity contribution in [1.29, 1.82) is 0 Å². The molecule has 0 unspecified atom stereocenters. The largest absolute Gasteiger partial charge is 0.256 e. The first-order valence-corrected chi connectivity index (χ1v) is 22.4. The van der Waals surface area contributed by atoms with E-state index in [4.69, 9.17) is 19.9 Å². The molecular formula is C62H36N4. The highest BCUT2D eigenvalue weighted by Gasteiger charge is 2.27. The fraction of sp³-hybridized carbons (Fsp3) is 0. The Kier molecular flexibility index (Phi) is 7.95. The van der Waals surface area contributed by atoms with Gasteiger partial charge in [-0.25, -0.2) is 15.0 Å². The number of aromatic nitrogens is 4. The molecule has 0 saturated heterocycles. The van der Waals surface area contributed by atoms with E-state index in [1.165, 1.54) is 60.7 Å². The first-order chi connectivity index (χ1) is 32.7. The van der Waals surface area contributed by atoms with E-state index in [-0.39, 0.29) is 0 Å². The predicted molar refractivity (Wildman–Crippen MR) is 272 cm³/mol. The van der Waals surface area contributed by atoms with Gasteiger partial charge in [-0.15, -0.1) is 0 Å². The number of hydrogen-bond donors (Lipinski definition) is 0. The lowest BCUT2D eigenvalue weighted by atomic mass is 9.92. The lowest BCUT2D eigenvalue weighted by Crippen LogP contribution is -1.97. The van der Waals surface area contributed by atoms with Crippen LogP contribution in [0.3, 0.4) is 0 Å². The summed E-state index contributed by atoms with van der Waals surface area (Å²) >= 11 is 0. The molecule has 3 aromatic heterocycles. The fourth-order valence-electron chi connectivity index (χ4n) is 10.6. The number of rotatable bonds is 6. The molecular weight excluding hydrogens is 801 g/mol. The average Bonchev–Trinajstić information content (AvgIpc) is 3.90. The minimum Gasteiger partial charge on any atom is -0.256 e. The van der Waals surface area contributed by atoms with Crippen molar-refractivity contribution in [2.45, 2.75) is 0 Å². The first-order valence-electron chi connectivity index (χ1n) is 22.4. The Bertz CT molecular complexity index is 3900. The van der Waals surface area contributed by atoms with Gasteiger partial charge >= 0.3 is 0 Å². The molecule has 0 aliphatic heterocycles. The van der Waals surface area contributed by atoms with E-state index in [9.17, 15) is 0 Å². The first kappa shape index (κ1) is 36.6. The van der Waals surface area contributed by atoms with Gasteiger partial charge in [0.1, 0.15) is 0 Å². The molecule has 2 aliphatic carbocycles. The Morgan fingerprint density at radius 3 is 1.52 bits per heavy atom. The normalized spacial score (nSPS) is 11.9. The highest BCUT2D eigenvalue weighted by atomic mass is 14.9. The van der Waals surface area contributed by atoms with E-state index in [1.807, 2.05) is 24.4 Å². The smallest absolute Gasteiger partial charge is 0.161 e. The Balaban J connectivity index is 1.03. The quantitative estimate of drug-likeness (QED) is 0.167. The summed E-state index contributed by atoms with van der Waals surface area (Å²) in [6.07, 6.45) is 1.87. The molecule has 66 heavy (non-hydrogen) atoms. The van der Waals surface area contributed by atoms with Gasteiger partial charge in [-0.1, -0.05) is 164 Å². The van der Waals surface area contributed by atoms with Gasteiger partial charge in [-0.3, -0.25) is 4.98 Å². The SMILES string of the molecule is c1ccc(-c2cc(-c3ccccc3)nc(-c3ccc4c5c(cc(-c6cc(-c7ccc8cccnc8c7)cc(-c7ccc8c9c(cccc79)-c7ccccc7-8)n6)cc35)-c3ccccc3-4)n2)cc1. The highest BCUT2D eigenvalue weighted by molar-refractivity contribution is 6.20. The van der Waals surface area contributed by atoms with Crippen LogP contribution in [0, 0.1) is 0 Å². The summed E-state index contributed by atoms with van der Waals surface area (Å²) in [6.45, 7) is 0. The molecule has 4 heteroatoms. The van der Waals surface area contributed by atoms with Gasteiger partial charge in [-0.2, -0.15) is 0 Å². The molecule has 0 amide bonds. The summed E-state index contributed by atoms with van der Waals surface area (Å²) in [6, 6.07) is 76.0. The van der Waals surface area contributed by atoms with Gasteiger partial charge in [0.2, 0.25) is 0 Å². The van der Waals surface area contributed by atoms with Crippen molar-refractivity contribution in [2.75, 3.05) is 0 Å². The summed E-state index contributed by atoms with van der Waals surface area (Å²) in [5.74, 6) is 0.681. The Morgan fingerprint density at radius 1 is 0.258 bits per heavy atom. The maximum atomic E-state index is 5.66. The van der Waals surface area contributed by atoms with Crippen LogP contribution < -0.4 is 0 Å². The van der Waals surface area contributed by atoms with E-state index < -0.39 is 0 Å². The molecule has 12 aromatic rings. The van der Waals surface area contributed by atoms with Crippen LogP contribution in [0.25, 0.3) is 144 Å². The van der Waals surface area contributed by atoms with Crippen LogP contribution in [0.5, 0.6) is 0 Å². The van der Waals surface area contributed by atoms with E-state index >= 15 is 0 Å². The van der Waals surface area contributed by atoms with Crippen molar-refractivity contribution >= 4 is 32.4 Å². The fourth-order valence-corrected chi connectivity index (χ4v) is 10.6. The number of pyridine rings is 2. The third-order valence-corrected chi connectivity index (χ3v) is 13.6. The Labute approximate surface area is 381 Å². The monoisotopic (exact) mass is 836 g/mol. The molecule has 0 saturated carbocycles. The third kappa shape index (κ3) is 5.65. The minimum atomic E-state index is 0.681. The second-order valence-electron chi connectivity index (χ2n) is 17.3. The van der Waals surface area contributed by atoms with E-state index in [0.29, 0.717) is 5.82 Å². The Hall–Kier alpha value is -8.86. The van der Waals surface area contributed by atoms with Gasteiger partial charge in [0.15, 0.2) is 5.82 Å². The van der Waals surface area contributed by atoms with Gasteiger partial charge in [0.25, 0.3) is 0 Å². The molecule has 0 N–H and O–H groups in total. The van der Waals surface area contributed by atoms with Crippen molar-refractivity contribution in [2.24, 2.45) is 0 Å². The molecule has 0 fully saturated rings. The Morgan fingerprint density at radius 2 is 0.818 bits per heavy atom. The molecule has 304 valence electrons. The summed E-state index contributed by atoms with van der Waals surface area (Å²) in [5, 5.41) is 5.87. The van der Waals surface area contributed by atoms with Crippen LogP contribution in [-0.4, -0.2) is 19.9 Å². The van der Waals surface area contributed by atoms with Crippen molar-refractivity contribution in [3.63, 3.8) is 0 Å².